The number of benzene rings is 1. The number of halogens is 1. The Morgan fingerprint density at radius 2 is 1.66 bits per heavy atom. The van der Waals surface area contributed by atoms with Crippen LogP contribution < -0.4 is 5.32 Å². The summed E-state index contributed by atoms with van der Waals surface area (Å²) < 4.78 is 13.0. The van der Waals surface area contributed by atoms with E-state index >= 15 is 0 Å². The number of hydrogen-bond acceptors (Lipinski definition) is 4. The first-order valence-electron chi connectivity index (χ1n) is 10.6. The number of anilines is 1. The van der Waals surface area contributed by atoms with Crippen LogP contribution in [0.1, 0.15) is 27.2 Å². The summed E-state index contributed by atoms with van der Waals surface area (Å²) in [6.45, 7) is 11.5. The summed E-state index contributed by atoms with van der Waals surface area (Å²) in [6.07, 6.45) is 1.19. The van der Waals surface area contributed by atoms with Crippen molar-refractivity contribution < 1.29 is 14.0 Å². The molecule has 3 atom stereocenters. The molecule has 0 radical (unpaired) electrons. The molecule has 2 saturated heterocycles. The lowest BCUT2D eigenvalue weighted by molar-refractivity contribution is -0.140. The van der Waals surface area contributed by atoms with Crippen molar-refractivity contribution in [1.82, 2.24) is 14.7 Å². The molecule has 7 heteroatoms. The lowest BCUT2D eigenvalue weighted by Crippen LogP contribution is -2.56. The van der Waals surface area contributed by atoms with Gasteiger partial charge in [-0.05, 0) is 49.4 Å². The van der Waals surface area contributed by atoms with Crippen LogP contribution in [-0.4, -0.2) is 78.4 Å². The van der Waals surface area contributed by atoms with E-state index in [1.54, 1.807) is 12.1 Å². The minimum absolute atomic E-state index is 0.106. The van der Waals surface area contributed by atoms with Gasteiger partial charge >= 0.3 is 0 Å². The third-order valence-electron chi connectivity index (χ3n) is 5.99. The van der Waals surface area contributed by atoms with Crippen molar-refractivity contribution in [1.29, 1.82) is 0 Å². The number of amides is 2. The molecule has 2 aliphatic heterocycles. The molecule has 0 unspecified atom stereocenters. The van der Waals surface area contributed by atoms with Crippen LogP contribution in [0.2, 0.25) is 0 Å². The Hall–Kier alpha value is -1.99. The van der Waals surface area contributed by atoms with E-state index in [1.807, 2.05) is 11.8 Å². The van der Waals surface area contributed by atoms with E-state index < -0.39 is 0 Å². The van der Waals surface area contributed by atoms with Crippen molar-refractivity contribution in [2.45, 2.75) is 33.2 Å². The maximum absolute atomic E-state index is 13.0. The first-order chi connectivity index (χ1) is 13.8. The second-order valence-electron chi connectivity index (χ2n) is 8.73. The van der Waals surface area contributed by atoms with E-state index in [-0.39, 0.29) is 23.7 Å². The first kappa shape index (κ1) is 21.7. The molecule has 160 valence electrons. The monoisotopic (exact) mass is 404 g/mol. The standard InChI is InChI=1S/C22H33FN4O2/c1-16-12-17(2)14-27(13-16)22(29)18(3)26-10-8-25(9-11-26)15-21(28)24-20-6-4-19(23)5-7-20/h4-7,16-18H,8-15H2,1-3H3,(H,24,28)/t16-,17+,18-/m1/s1. The SMILES string of the molecule is C[C@@H]1C[C@H](C)CN(C(=O)[C@@H](C)N2CCN(CC(=O)Nc3ccc(F)cc3)CC2)C1. The van der Waals surface area contributed by atoms with Gasteiger partial charge in [0.05, 0.1) is 12.6 Å². The first-order valence-corrected chi connectivity index (χ1v) is 10.6. The number of piperidine rings is 1. The maximum atomic E-state index is 13.0. The van der Waals surface area contributed by atoms with Crippen LogP contribution in [0.5, 0.6) is 0 Å². The van der Waals surface area contributed by atoms with E-state index in [2.05, 4.69) is 29.0 Å². The Morgan fingerprint density at radius 1 is 1.07 bits per heavy atom. The molecule has 6 nitrogen and oxygen atoms in total. The number of likely N-dealkylation sites (tertiary alicyclic amines) is 1. The average Bonchev–Trinajstić information content (AvgIpc) is 2.68. The van der Waals surface area contributed by atoms with Crippen LogP contribution in [0.3, 0.4) is 0 Å². The third kappa shape index (κ3) is 6.00. The summed E-state index contributed by atoms with van der Waals surface area (Å²) in [5.41, 5.74) is 0.597. The number of rotatable bonds is 5. The van der Waals surface area contributed by atoms with Gasteiger partial charge in [-0.3, -0.25) is 19.4 Å². The van der Waals surface area contributed by atoms with Gasteiger partial charge in [0.2, 0.25) is 11.8 Å². The summed E-state index contributed by atoms with van der Waals surface area (Å²) in [4.78, 5) is 31.5. The Balaban J connectivity index is 1.44. The van der Waals surface area contributed by atoms with E-state index in [4.69, 9.17) is 0 Å². The van der Waals surface area contributed by atoms with Gasteiger partial charge in [0.15, 0.2) is 0 Å². The molecule has 2 heterocycles. The molecule has 1 aromatic rings. The predicted octanol–water partition coefficient (Wildman–Crippen LogP) is 2.27. The van der Waals surface area contributed by atoms with Crippen LogP contribution in [0.4, 0.5) is 10.1 Å². The number of carbonyl (C=O) groups is 2. The zero-order valence-corrected chi connectivity index (χ0v) is 17.7. The molecular weight excluding hydrogens is 371 g/mol. The smallest absolute Gasteiger partial charge is 0.239 e. The van der Waals surface area contributed by atoms with Crippen molar-refractivity contribution in [3.8, 4) is 0 Å². The molecule has 0 spiro atoms. The van der Waals surface area contributed by atoms with Crippen LogP contribution in [0.25, 0.3) is 0 Å². The molecular formula is C22H33FN4O2. The number of carbonyl (C=O) groups excluding carboxylic acids is 2. The highest BCUT2D eigenvalue weighted by atomic mass is 19.1. The quantitative estimate of drug-likeness (QED) is 0.818. The average molecular weight is 405 g/mol. The highest BCUT2D eigenvalue weighted by Gasteiger charge is 2.32. The topological polar surface area (TPSA) is 55.9 Å². The maximum Gasteiger partial charge on any atom is 0.239 e. The van der Waals surface area contributed by atoms with Gasteiger partial charge < -0.3 is 10.2 Å². The number of piperazine rings is 1. The molecule has 2 aliphatic rings. The van der Waals surface area contributed by atoms with E-state index in [1.165, 1.54) is 18.6 Å². The van der Waals surface area contributed by atoms with Crippen LogP contribution in [0.15, 0.2) is 24.3 Å². The molecule has 0 bridgehead atoms. The fourth-order valence-electron chi connectivity index (χ4n) is 4.51. The minimum atomic E-state index is -0.323. The van der Waals surface area contributed by atoms with Crippen molar-refractivity contribution in [3.05, 3.63) is 30.1 Å². The summed E-state index contributed by atoms with van der Waals surface area (Å²) >= 11 is 0. The van der Waals surface area contributed by atoms with Gasteiger partial charge in [0, 0.05) is 45.0 Å². The number of nitrogens with one attached hydrogen (secondary N) is 1. The lowest BCUT2D eigenvalue weighted by Gasteiger charge is -2.41. The Morgan fingerprint density at radius 3 is 2.24 bits per heavy atom. The van der Waals surface area contributed by atoms with Crippen molar-refractivity contribution in [2.75, 3.05) is 51.1 Å². The van der Waals surface area contributed by atoms with Crippen molar-refractivity contribution in [3.63, 3.8) is 0 Å². The predicted molar refractivity (Wildman–Crippen MR) is 112 cm³/mol. The molecule has 0 aliphatic carbocycles. The lowest BCUT2D eigenvalue weighted by atomic mass is 9.91. The zero-order chi connectivity index (χ0) is 21.0. The highest BCUT2D eigenvalue weighted by molar-refractivity contribution is 5.92. The Kier molecular flexibility index (Phi) is 7.24. The van der Waals surface area contributed by atoms with Gasteiger partial charge in [-0.1, -0.05) is 13.8 Å². The number of hydrogen-bond donors (Lipinski definition) is 1. The van der Waals surface area contributed by atoms with Crippen molar-refractivity contribution in [2.24, 2.45) is 11.8 Å². The van der Waals surface area contributed by atoms with Gasteiger partial charge in [-0.15, -0.1) is 0 Å². The molecule has 3 rings (SSSR count). The summed E-state index contributed by atoms with van der Waals surface area (Å²) in [6, 6.07) is 5.65. The van der Waals surface area contributed by atoms with Crippen LogP contribution >= 0.6 is 0 Å². The fourth-order valence-corrected chi connectivity index (χ4v) is 4.51. The normalized spacial score (nSPS) is 24.9. The minimum Gasteiger partial charge on any atom is -0.341 e. The third-order valence-corrected chi connectivity index (χ3v) is 5.99. The van der Waals surface area contributed by atoms with Gasteiger partial charge in [0.1, 0.15) is 5.82 Å². The van der Waals surface area contributed by atoms with Gasteiger partial charge in [0.25, 0.3) is 0 Å². The van der Waals surface area contributed by atoms with Gasteiger partial charge in [-0.2, -0.15) is 0 Å². The Bertz CT molecular complexity index is 693. The van der Waals surface area contributed by atoms with Crippen molar-refractivity contribution >= 4 is 17.5 Å². The molecule has 0 saturated carbocycles. The zero-order valence-electron chi connectivity index (χ0n) is 17.7. The van der Waals surface area contributed by atoms with E-state index in [9.17, 15) is 14.0 Å². The summed E-state index contributed by atoms with van der Waals surface area (Å²) in [5.74, 6) is 0.922. The van der Waals surface area contributed by atoms with Crippen LogP contribution in [0, 0.1) is 17.7 Å². The molecule has 0 aromatic heterocycles. The van der Waals surface area contributed by atoms with E-state index in [0.29, 0.717) is 24.1 Å². The largest absolute Gasteiger partial charge is 0.341 e. The molecule has 2 amide bonds. The Labute approximate surface area is 173 Å². The second-order valence-corrected chi connectivity index (χ2v) is 8.73. The van der Waals surface area contributed by atoms with E-state index in [0.717, 1.165) is 39.3 Å². The molecule has 1 N–H and O–H groups in total. The van der Waals surface area contributed by atoms with Crippen LogP contribution in [-0.2, 0) is 9.59 Å². The fraction of sp³-hybridized carbons (Fsp3) is 0.636. The molecule has 29 heavy (non-hydrogen) atoms. The summed E-state index contributed by atoms with van der Waals surface area (Å²) in [7, 11) is 0. The summed E-state index contributed by atoms with van der Waals surface area (Å²) in [5, 5.41) is 2.80. The van der Waals surface area contributed by atoms with Gasteiger partial charge in [-0.25, -0.2) is 4.39 Å². The molecule has 1 aromatic carbocycles. The molecule has 2 fully saturated rings. The highest BCUT2D eigenvalue weighted by Crippen LogP contribution is 2.22. The second kappa shape index (κ2) is 9.67. The number of nitrogens with zero attached hydrogens (tertiary/aromatic N) is 3.